The number of aliphatic imine (C=N–C) groups is 1. The molecule has 1 aliphatic rings. The van der Waals surface area contributed by atoms with Crippen LogP contribution in [0.25, 0.3) is 10.9 Å². The maximum absolute atomic E-state index is 10.1. The molecule has 0 fully saturated rings. The molecule has 1 aromatic heterocycles. The summed E-state index contributed by atoms with van der Waals surface area (Å²) in [5, 5.41) is 11.0. The molecule has 2 heterocycles. The van der Waals surface area contributed by atoms with Gasteiger partial charge in [-0.15, -0.1) is 18.2 Å². The van der Waals surface area contributed by atoms with Crippen molar-refractivity contribution in [1.29, 1.82) is 0 Å². The number of hydrogen-bond acceptors (Lipinski definition) is 5. The molecule has 0 aliphatic carbocycles. The Labute approximate surface area is 229 Å². The van der Waals surface area contributed by atoms with Crippen molar-refractivity contribution in [3.05, 3.63) is 132 Å². The molecule has 37 heavy (non-hydrogen) atoms. The number of para-hydroxylation sites is 1. The molecule has 6 heteroatoms. The van der Waals surface area contributed by atoms with Gasteiger partial charge in [-0.2, -0.15) is 0 Å². The summed E-state index contributed by atoms with van der Waals surface area (Å²) >= 11 is 0. The Kier molecular flexibility index (Phi) is 7.34. The quantitative estimate of drug-likeness (QED) is 0.210. The van der Waals surface area contributed by atoms with Crippen LogP contribution in [-0.4, -0.2) is 28.6 Å². The van der Waals surface area contributed by atoms with Gasteiger partial charge in [-0.05, 0) is 23.3 Å². The molecule has 0 amide bonds. The van der Waals surface area contributed by atoms with Crippen LogP contribution in [0.5, 0.6) is 17.4 Å². The van der Waals surface area contributed by atoms with E-state index in [1.807, 2.05) is 42.5 Å². The Bertz CT molecular complexity index is 1500. The van der Waals surface area contributed by atoms with Gasteiger partial charge in [0.05, 0.1) is 12.6 Å². The monoisotopic (exact) mass is 666 g/mol. The van der Waals surface area contributed by atoms with Gasteiger partial charge >= 0.3 is 0 Å². The van der Waals surface area contributed by atoms with Crippen LogP contribution in [-0.2, 0) is 25.8 Å². The molecule has 0 saturated heterocycles. The first kappa shape index (κ1) is 24.7. The predicted octanol–water partition coefficient (Wildman–Crippen LogP) is 6.51. The molecule has 0 bridgehead atoms. The smallest absolute Gasteiger partial charge is 0.217 e. The average molecular weight is 667 g/mol. The minimum atomic E-state index is -0.0621. The van der Waals surface area contributed by atoms with Crippen LogP contribution in [0.3, 0.4) is 0 Å². The molecular formula is C31H23N2O3Pt-. The number of ether oxygens (including phenoxy) is 2. The summed E-state index contributed by atoms with van der Waals surface area (Å²) < 4.78 is 12.0. The largest absolute Gasteiger partial charge is 0.518 e. The van der Waals surface area contributed by atoms with Gasteiger partial charge in [-0.3, -0.25) is 4.99 Å². The van der Waals surface area contributed by atoms with Gasteiger partial charge in [0, 0.05) is 44.2 Å². The van der Waals surface area contributed by atoms with Gasteiger partial charge in [-0.1, -0.05) is 84.4 Å². The van der Waals surface area contributed by atoms with E-state index in [1.165, 1.54) is 11.1 Å². The van der Waals surface area contributed by atoms with Crippen LogP contribution in [0.1, 0.15) is 22.6 Å². The normalized spacial score (nSPS) is 14.6. The molecule has 0 saturated carbocycles. The first-order chi connectivity index (χ1) is 17.7. The van der Waals surface area contributed by atoms with E-state index in [0.29, 0.717) is 29.7 Å². The molecule has 0 spiro atoms. The van der Waals surface area contributed by atoms with Crippen molar-refractivity contribution < 1.29 is 35.6 Å². The van der Waals surface area contributed by atoms with Crippen molar-refractivity contribution in [2.75, 3.05) is 6.61 Å². The number of rotatable bonds is 6. The summed E-state index contributed by atoms with van der Waals surface area (Å²) in [6, 6.07) is 38.5. The molecule has 4 aromatic carbocycles. The fourth-order valence-electron chi connectivity index (χ4n) is 4.58. The standard InChI is InChI=1S/C31H23N2O3.Pt/c34-27-16-8-13-23-17-18-28(33-30(23)27)36-25-15-7-14-24(19-25)31-32-26(20-35-31)29(21-9-3-1-4-10-21)22-11-5-2-6-12-22;/h1-18,26,29,34H,20H2;/q-1;/t26-;/m1./s1. The van der Waals surface area contributed by atoms with Crippen molar-refractivity contribution in [3.63, 3.8) is 0 Å². The summed E-state index contributed by atoms with van der Waals surface area (Å²) in [4.78, 5) is 9.42. The van der Waals surface area contributed by atoms with Crippen molar-refractivity contribution >= 4 is 16.8 Å². The summed E-state index contributed by atoms with van der Waals surface area (Å²) in [6.45, 7) is 0.480. The summed E-state index contributed by atoms with van der Waals surface area (Å²) in [5.74, 6) is 1.61. The number of nitrogens with zero attached hydrogens (tertiary/aromatic N) is 2. The first-order valence-electron chi connectivity index (χ1n) is 11.8. The molecule has 0 unspecified atom stereocenters. The molecular weight excluding hydrogens is 643 g/mol. The first-order valence-corrected chi connectivity index (χ1v) is 11.8. The van der Waals surface area contributed by atoms with E-state index >= 15 is 0 Å². The van der Waals surface area contributed by atoms with Crippen LogP contribution in [0, 0.1) is 6.07 Å². The SMILES string of the molecule is Oc1cccc2ccc(Oc3[c-]c(C4=N[C@@H](C(c5ccccc5)c5ccccc5)CO4)ccc3)nc12.[Pt]. The van der Waals surface area contributed by atoms with E-state index in [0.717, 1.165) is 10.9 Å². The molecule has 1 aliphatic heterocycles. The maximum atomic E-state index is 10.1. The van der Waals surface area contributed by atoms with Crippen molar-refractivity contribution in [2.24, 2.45) is 4.99 Å². The van der Waals surface area contributed by atoms with Crippen LogP contribution in [0.4, 0.5) is 0 Å². The Morgan fingerprint density at radius 3 is 2.24 bits per heavy atom. The second-order valence-corrected chi connectivity index (χ2v) is 8.64. The molecule has 0 radical (unpaired) electrons. The van der Waals surface area contributed by atoms with Crippen molar-refractivity contribution in [1.82, 2.24) is 4.98 Å². The minimum Gasteiger partial charge on any atom is -0.518 e. The average Bonchev–Trinajstić information content (AvgIpc) is 3.41. The third-order valence-electron chi connectivity index (χ3n) is 6.26. The van der Waals surface area contributed by atoms with E-state index < -0.39 is 0 Å². The fourth-order valence-corrected chi connectivity index (χ4v) is 4.58. The third kappa shape index (κ3) is 5.28. The fraction of sp³-hybridized carbons (Fsp3) is 0.0968. The molecule has 5 aromatic rings. The van der Waals surface area contributed by atoms with Gasteiger partial charge in [0.15, 0.2) is 0 Å². The minimum absolute atomic E-state index is 0. The zero-order valence-corrected chi connectivity index (χ0v) is 22.0. The van der Waals surface area contributed by atoms with Gasteiger partial charge in [0.2, 0.25) is 5.88 Å². The topological polar surface area (TPSA) is 63.9 Å². The number of aromatic hydroxyl groups is 1. The van der Waals surface area contributed by atoms with Crippen LogP contribution >= 0.6 is 0 Å². The second kappa shape index (κ2) is 11.0. The maximum Gasteiger partial charge on any atom is 0.217 e. The predicted molar refractivity (Wildman–Crippen MR) is 140 cm³/mol. The van der Waals surface area contributed by atoms with Gasteiger partial charge < -0.3 is 14.6 Å². The number of pyridine rings is 1. The molecule has 1 atom stereocenters. The number of benzene rings is 4. The van der Waals surface area contributed by atoms with Gasteiger partial charge in [0.25, 0.3) is 0 Å². The molecule has 186 valence electrons. The second-order valence-electron chi connectivity index (χ2n) is 8.64. The van der Waals surface area contributed by atoms with E-state index in [2.05, 4.69) is 59.6 Å². The zero-order valence-electron chi connectivity index (χ0n) is 19.7. The Morgan fingerprint density at radius 1 is 0.811 bits per heavy atom. The number of phenols is 1. The number of aromatic nitrogens is 1. The van der Waals surface area contributed by atoms with E-state index in [9.17, 15) is 5.11 Å². The number of fused-ring (bicyclic) bond motifs is 1. The molecule has 5 nitrogen and oxygen atoms in total. The number of phenolic OH excluding ortho intramolecular Hbond substituents is 1. The van der Waals surface area contributed by atoms with Crippen LogP contribution < -0.4 is 4.74 Å². The Hall–Kier alpha value is -3.95. The van der Waals surface area contributed by atoms with Crippen LogP contribution in [0.2, 0.25) is 0 Å². The Morgan fingerprint density at radius 2 is 1.51 bits per heavy atom. The summed E-state index contributed by atoms with van der Waals surface area (Å²) in [6.07, 6.45) is 0. The third-order valence-corrected chi connectivity index (χ3v) is 6.26. The molecule has 6 rings (SSSR count). The van der Waals surface area contributed by atoms with E-state index in [-0.39, 0.29) is 38.8 Å². The number of hydrogen-bond donors (Lipinski definition) is 1. The van der Waals surface area contributed by atoms with Crippen molar-refractivity contribution in [3.8, 4) is 17.4 Å². The van der Waals surface area contributed by atoms with Gasteiger partial charge in [-0.25, -0.2) is 4.98 Å². The summed E-state index contributed by atoms with van der Waals surface area (Å²) in [7, 11) is 0. The van der Waals surface area contributed by atoms with Crippen LogP contribution in [0.15, 0.2) is 114 Å². The summed E-state index contributed by atoms with van der Waals surface area (Å²) in [5.41, 5.74) is 3.62. The van der Waals surface area contributed by atoms with E-state index in [1.54, 1.807) is 18.2 Å². The molecule has 1 N–H and O–H groups in total. The Balaban J connectivity index is 0.00000280. The van der Waals surface area contributed by atoms with E-state index in [4.69, 9.17) is 14.5 Å². The van der Waals surface area contributed by atoms with Crippen molar-refractivity contribution in [2.45, 2.75) is 12.0 Å². The zero-order chi connectivity index (χ0) is 24.3. The van der Waals surface area contributed by atoms with Gasteiger partial charge in [0.1, 0.15) is 17.2 Å².